The molecule has 0 radical (unpaired) electrons. The molecule has 1 atom stereocenters. The van der Waals surface area contributed by atoms with E-state index in [2.05, 4.69) is 33.3 Å². The van der Waals surface area contributed by atoms with Crippen molar-refractivity contribution in [2.75, 3.05) is 26.2 Å². The number of nitrogens with zero attached hydrogens (tertiary/aromatic N) is 3. The summed E-state index contributed by atoms with van der Waals surface area (Å²) in [4.78, 5) is 2.31. The third-order valence-corrected chi connectivity index (χ3v) is 6.70. The monoisotopic (exact) mass is 473 g/mol. The molecule has 180 valence electrons. The number of hydrogen-bond donors (Lipinski definition) is 1. The number of rotatable bonds is 7. The average Bonchev–Trinajstić information content (AvgIpc) is 3.62. The quantitative estimate of drug-likeness (QED) is 0.346. The Bertz CT molecular complexity index is 1440. The zero-order chi connectivity index (χ0) is 23.8. The molecular weight excluding hydrogens is 446 g/mol. The van der Waals surface area contributed by atoms with Crippen LogP contribution in [-0.4, -0.2) is 52.5 Å². The topological polar surface area (TPSA) is 97.9 Å². The predicted octanol–water partition coefficient (Wildman–Crippen LogP) is 5.16. The summed E-state index contributed by atoms with van der Waals surface area (Å²) in [6.45, 7) is 4.41. The van der Waals surface area contributed by atoms with Gasteiger partial charge >= 0.3 is 0 Å². The molecule has 6 rings (SSSR count). The second-order valence-electron chi connectivity index (χ2n) is 9.16. The van der Waals surface area contributed by atoms with E-state index in [4.69, 9.17) is 18.0 Å². The van der Waals surface area contributed by atoms with E-state index in [1.165, 1.54) is 5.56 Å². The molecule has 3 aromatic heterocycles. The Balaban J connectivity index is 1.04. The minimum Gasteiger partial charge on any atom is -0.490 e. The van der Waals surface area contributed by atoms with E-state index in [1.54, 1.807) is 13.2 Å². The number of furan rings is 2. The number of likely N-dealkylation sites (tertiary alicyclic amines) is 1. The molecule has 0 aliphatic carbocycles. The zero-order valence-electron chi connectivity index (χ0n) is 19.5. The molecule has 0 saturated carbocycles. The first kappa shape index (κ1) is 21.9. The second-order valence-corrected chi connectivity index (χ2v) is 9.16. The van der Waals surface area contributed by atoms with Crippen LogP contribution in [0.15, 0.2) is 68.0 Å². The summed E-state index contributed by atoms with van der Waals surface area (Å²) in [5.74, 6) is 2.47. The first-order valence-electron chi connectivity index (χ1n) is 12.0. The molecule has 1 fully saturated rings. The Hall–Kier alpha value is -3.62. The van der Waals surface area contributed by atoms with Crippen LogP contribution in [-0.2, 0) is 0 Å². The summed E-state index contributed by atoms with van der Waals surface area (Å²) >= 11 is 0. The van der Waals surface area contributed by atoms with E-state index >= 15 is 0 Å². The van der Waals surface area contributed by atoms with Gasteiger partial charge in [-0.15, -0.1) is 10.2 Å². The highest BCUT2D eigenvalue weighted by molar-refractivity contribution is 5.87. The van der Waals surface area contributed by atoms with Crippen molar-refractivity contribution in [1.29, 1.82) is 0 Å². The number of benzene rings is 2. The van der Waals surface area contributed by atoms with E-state index < -0.39 is 6.10 Å². The third-order valence-electron chi connectivity index (χ3n) is 6.70. The van der Waals surface area contributed by atoms with Gasteiger partial charge in [0.25, 0.3) is 5.89 Å². The van der Waals surface area contributed by atoms with Crippen molar-refractivity contribution in [2.45, 2.75) is 31.8 Å². The van der Waals surface area contributed by atoms with Crippen LogP contribution in [0.3, 0.4) is 0 Å². The lowest BCUT2D eigenvalue weighted by Gasteiger charge is -2.33. The first-order chi connectivity index (χ1) is 17.1. The minimum absolute atomic E-state index is 0.203. The molecule has 0 amide bonds. The largest absolute Gasteiger partial charge is 0.490 e. The van der Waals surface area contributed by atoms with Gasteiger partial charge in [0.2, 0.25) is 5.89 Å². The number of aryl methyl sites for hydroxylation is 1. The molecule has 35 heavy (non-hydrogen) atoms. The molecular formula is C27H27N3O5. The fourth-order valence-corrected chi connectivity index (χ4v) is 4.87. The van der Waals surface area contributed by atoms with Gasteiger partial charge in [0.1, 0.15) is 29.6 Å². The summed E-state index contributed by atoms with van der Waals surface area (Å²) in [6.07, 6.45) is 3.27. The van der Waals surface area contributed by atoms with Crippen LogP contribution >= 0.6 is 0 Å². The molecule has 1 aliphatic rings. The Kier molecular flexibility index (Phi) is 5.75. The lowest BCUT2D eigenvalue weighted by atomic mass is 9.89. The number of aromatic nitrogens is 2. The van der Waals surface area contributed by atoms with E-state index in [1.807, 2.05) is 30.3 Å². The number of β-amino-alcohol motifs (C(OH)–C–C–N with tert-alkyl or cyclic N) is 1. The van der Waals surface area contributed by atoms with Crippen molar-refractivity contribution in [3.05, 3.63) is 66.2 Å². The molecule has 1 N–H and O–H groups in total. The van der Waals surface area contributed by atoms with Crippen LogP contribution in [0.2, 0.25) is 0 Å². The zero-order valence-corrected chi connectivity index (χ0v) is 19.5. The standard InChI is InChI=1S/C27H27N3O5/c1-17-28-29-27(34-17)26-14-22-23(3-2-4-24(22)35-26)33-16-21(31)15-30-10-7-18(8-11-30)20-6-5-19-9-12-32-25(19)13-20/h2-6,9,12-14,18,21,31H,7-8,10-11,15-16H2,1H3/t21-/m0/s1. The number of aliphatic hydroxyl groups excluding tert-OH is 1. The van der Waals surface area contributed by atoms with Crippen LogP contribution in [0.1, 0.15) is 30.2 Å². The van der Waals surface area contributed by atoms with Gasteiger partial charge in [-0.2, -0.15) is 0 Å². The van der Waals surface area contributed by atoms with Gasteiger partial charge in [-0.05, 0) is 61.7 Å². The van der Waals surface area contributed by atoms with Crippen LogP contribution < -0.4 is 4.74 Å². The van der Waals surface area contributed by atoms with Gasteiger partial charge < -0.3 is 28.0 Å². The first-order valence-corrected chi connectivity index (χ1v) is 12.0. The predicted molar refractivity (Wildman–Crippen MR) is 130 cm³/mol. The second kappa shape index (κ2) is 9.20. The number of fused-ring (bicyclic) bond motifs is 2. The van der Waals surface area contributed by atoms with Gasteiger partial charge in [-0.3, -0.25) is 0 Å². The van der Waals surface area contributed by atoms with E-state index in [0.29, 0.717) is 41.3 Å². The normalized spacial score (nSPS) is 16.3. The van der Waals surface area contributed by atoms with Crippen molar-refractivity contribution < 1.29 is 23.1 Å². The van der Waals surface area contributed by atoms with Crippen LogP contribution in [0.4, 0.5) is 0 Å². The van der Waals surface area contributed by atoms with E-state index in [-0.39, 0.29) is 6.61 Å². The van der Waals surface area contributed by atoms with Crippen LogP contribution in [0, 0.1) is 6.92 Å². The molecule has 1 saturated heterocycles. The van der Waals surface area contributed by atoms with E-state index in [9.17, 15) is 5.11 Å². The maximum absolute atomic E-state index is 10.7. The van der Waals surface area contributed by atoms with Crippen LogP contribution in [0.25, 0.3) is 33.6 Å². The molecule has 8 heteroatoms. The summed E-state index contributed by atoms with van der Waals surface area (Å²) in [6, 6.07) is 15.9. The summed E-state index contributed by atoms with van der Waals surface area (Å²) in [5, 5.41) is 20.5. The van der Waals surface area contributed by atoms with Crippen molar-refractivity contribution in [3.8, 4) is 17.4 Å². The summed E-state index contributed by atoms with van der Waals surface area (Å²) < 4.78 is 22.9. The summed E-state index contributed by atoms with van der Waals surface area (Å²) in [7, 11) is 0. The van der Waals surface area contributed by atoms with Gasteiger partial charge in [0.15, 0.2) is 5.76 Å². The molecule has 2 aromatic carbocycles. The van der Waals surface area contributed by atoms with E-state index in [0.717, 1.165) is 42.3 Å². The Labute approximate surface area is 202 Å². The molecule has 0 spiro atoms. The maximum Gasteiger partial charge on any atom is 0.283 e. The molecule has 5 aromatic rings. The fraction of sp³-hybridized carbons (Fsp3) is 0.333. The Morgan fingerprint density at radius 2 is 1.94 bits per heavy atom. The number of piperidine rings is 1. The Morgan fingerprint density at radius 3 is 2.77 bits per heavy atom. The highest BCUT2D eigenvalue weighted by atomic mass is 16.5. The molecule has 4 heterocycles. The van der Waals surface area contributed by atoms with Crippen LogP contribution in [0.5, 0.6) is 5.75 Å². The van der Waals surface area contributed by atoms with Crippen molar-refractivity contribution >= 4 is 21.9 Å². The molecule has 8 nitrogen and oxygen atoms in total. The minimum atomic E-state index is -0.591. The lowest BCUT2D eigenvalue weighted by molar-refractivity contribution is 0.0599. The van der Waals surface area contributed by atoms with Gasteiger partial charge in [-0.25, -0.2) is 0 Å². The molecule has 0 unspecified atom stereocenters. The van der Waals surface area contributed by atoms with Gasteiger partial charge in [0, 0.05) is 24.9 Å². The molecule has 1 aliphatic heterocycles. The third kappa shape index (κ3) is 4.54. The maximum atomic E-state index is 10.7. The number of ether oxygens (including phenoxy) is 1. The Morgan fingerprint density at radius 1 is 1.06 bits per heavy atom. The van der Waals surface area contributed by atoms with Gasteiger partial charge in [0.05, 0.1) is 11.6 Å². The van der Waals surface area contributed by atoms with Gasteiger partial charge in [-0.1, -0.05) is 18.2 Å². The number of aliphatic hydroxyl groups is 1. The smallest absolute Gasteiger partial charge is 0.283 e. The lowest BCUT2D eigenvalue weighted by Crippen LogP contribution is -2.40. The van der Waals surface area contributed by atoms with Crippen molar-refractivity contribution in [1.82, 2.24) is 15.1 Å². The number of hydrogen-bond acceptors (Lipinski definition) is 8. The summed E-state index contributed by atoms with van der Waals surface area (Å²) in [5.41, 5.74) is 2.95. The molecule has 0 bridgehead atoms. The van der Waals surface area contributed by atoms with Crippen molar-refractivity contribution in [2.24, 2.45) is 0 Å². The SMILES string of the molecule is Cc1nnc(-c2cc3c(OC[C@@H](O)CN4CCC(c5ccc6ccoc6c5)CC4)cccc3o2)o1. The van der Waals surface area contributed by atoms with Crippen molar-refractivity contribution in [3.63, 3.8) is 0 Å². The average molecular weight is 474 g/mol. The highest BCUT2D eigenvalue weighted by Gasteiger charge is 2.23. The highest BCUT2D eigenvalue weighted by Crippen LogP contribution is 2.33. The fourth-order valence-electron chi connectivity index (χ4n) is 4.87.